The molecule has 0 radical (unpaired) electrons. The van der Waals surface area contributed by atoms with Gasteiger partial charge in [0.1, 0.15) is 12.7 Å². The highest BCUT2D eigenvalue weighted by molar-refractivity contribution is 6.10. The van der Waals surface area contributed by atoms with Gasteiger partial charge >= 0.3 is 29.8 Å². The van der Waals surface area contributed by atoms with Gasteiger partial charge in [-0.1, -0.05) is 0 Å². The molecule has 67 heavy (non-hydrogen) atoms. The zero-order chi connectivity index (χ0) is 48.8. The number of aromatic hydroxyl groups is 15. The van der Waals surface area contributed by atoms with E-state index in [2.05, 4.69) is 0 Å². The van der Waals surface area contributed by atoms with E-state index in [-0.39, 0.29) is 0 Å². The molecule has 5 atom stereocenters. The number of benzene rings is 5. The van der Waals surface area contributed by atoms with Crippen molar-refractivity contribution in [3.63, 3.8) is 0 Å². The van der Waals surface area contributed by atoms with E-state index in [1.165, 1.54) is 0 Å². The van der Waals surface area contributed by atoms with Crippen molar-refractivity contribution in [2.75, 3.05) is 6.61 Å². The number of phenols is 15. The molecular weight excluding hydrogens is 908 g/mol. The van der Waals surface area contributed by atoms with Crippen LogP contribution in [-0.2, 0) is 28.4 Å². The third-order valence-corrected chi connectivity index (χ3v) is 10.6. The zero-order valence-corrected chi connectivity index (χ0v) is 32.8. The van der Waals surface area contributed by atoms with Gasteiger partial charge in [0.25, 0.3) is 0 Å². The summed E-state index contributed by atoms with van der Waals surface area (Å²) in [5.41, 5.74) is -9.31. The second kappa shape index (κ2) is 15.6. The molecule has 0 saturated carbocycles. The van der Waals surface area contributed by atoms with Crippen LogP contribution in [0.15, 0.2) is 36.4 Å². The second-order valence-electron chi connectivity index (χ2n) is 14.6. The molecule has 15 N–H and O–H groups in total. The lowest BCUT2D eigenvalue weighted by Crippen LogP contribution is -2.63. The fraction of sp³-hybridized carbons (Fsp3) is 0.146. The molecular formula is C41H28O26. The number of carbonyl (C=O) groups excluding carboxylic acids is 5. The first-order valence-electron chi connectivity index (χ1n) is 18.6. The normalized spacial score (nSPS) is 20.0. The minimum atomic E-state index is -2.53. The molecule has 0 bridgehead atoms. The van der Waals surface area contributed by atoms with Crippen molar-refractivity contribution in [2.45, 2.75) is 30.7 Å². The average Bonchev–Trinajstić information content (AvgIpc) is 3.29. The Balaban J connectivity index is 1.37. The highest BCUT2D eigenvalue weighted by Gasteiger charge is 2.56. The molecule has 0 unspecified atom stereocenters. The summed E-state index contributed by atoms with van der Waals surface area (Å²) in [4.78, 5) is 70.7. The summed E-state index contributed by atoms with van der Waals surface area (Å²) in [7, 11) is 0. The van der Waals surface area contributed by atoms with Gasteiger partial charge in [-0.15, -0.1) is 0 Å². The van der Waals surface area contributed by atoms with Gasteiger partial charge in [0.05, 0.1) is 27.8 Å². The maximum atomic E-state index is 14.4. The first kappa shape index (κ1) is 44.0. The molecule has 0 aliphatic carbocycles. The number of hydrogen-bond donors (Lipinski definition) is 15. The van der Waals surface area contributed by atoms with Gasteiger partial charge in [0, 0.05) is 22.3 Å². The smallest absolute Gasteiger partial charge is 0.340 e. The summed E-state index contributed by atoms with van der Waals surface area (Å²) >= 11 is 0. The number of carbonyl (C=O) groups is 5. The SMILES string of the molecule is O=C(O[C@@H]1O[C@@H]2COC(=O)c3cc(O)c(O)c(O)c3-c3c(cc(O)c(O)c3O)C(=O)O[C@H]2[C@@H]2OC(=O)c3cc(O)c(O)c(O)c3-c3c(cc(O)c(O)c3O)C(=O)O[C@@H]12)c1cc(O)c(O)c(O)c1. The van der Waals surface area contributed by atoms with Crippen LogP contribution in [0, 0.1) is 0 Å². The maximum absolute atomic E-state index is 14.4. The maximum Gasteiger partial charge on any atom is 0.340 e. The van der Waals surface area contributed by atoms with Crippen LogP contribution in [0.4, 0.5) is 0 Å². The Bertz CT molecular complexity index is 3020. The Hall–Kier alpha value is -9.59. The van der Waals surface area contributed by atoms with Gasteiger partial charge in [-0.3, -0.25) is 0 Å². The van der Waals surface area contributed by atoms with E-state index in [1.807, 2.05) is 0 Å². The summed E-state index contributed by atoms with van der Waals surface area (Å²) in [6.45, 7) is -1.25. The van der Waals surface area contributed by atoms with Gasteiger partial charge in [-0.2, -0.15) is 0 Å². The van der Waals surface area contributed by atoms with Crippen molar-refractivity contribution in [2.24, 2.45) is 0 Å². The Morgan fingerprint density at radius 2 is 0.746 bits per heavy atom. The van der Waals surface area contributed by atoms with Crippen molar-refractivity contribution in [1.29, 1.82) is 0 Å². The highest BCUT2D eigenvalue weighted by atomic mass is 16.7. The van der Waals surface area contributed by atoms with Gasteiger partial charge in [-0.25, -0.2) is 24.0 Å². The third kappa shape index (κ3) is 6.91. The molecule has 3 heterocycles. The van der Waals surface area contributed by atoms with Gasteiger partial charge < -0.3 is 105 Å². The average molecular weight is 937 g/mol. The van der Waals surface area contributed by atoms with E-state index in [0.29, 0.717) is 36.4 Å². The van der Waals surface area contributed by atoms with Crippen LogP contribution < -0.4 is 0 Å². The topological polar surface area (TPSA) is 444 Å². The number of phenolic OH excluding ortho intramolecular Hbond substituents is 15. The lowest BCUT2D eigenvalue weighted by atomic mass is 9.91. The van der Waals surface area contributed by atoms with Crippen molar-refractivity contribution in [3.05, 3.63) is 64.2 Å². The minimum absolute atomic E-state index is 0.408. The molecule has 348 valence electrons. The Kier molecular flexibility index (Phi) is 10.2. The van der Waals surface area contributed by atoms with Crippen molar-refractivity contribution in [3.8, 4) is 108 Å². The van der Waals surface area contributed by atoms with Crippen LogP contribution in [0.2, 0.25) is 0 Å². The standard InChI is InChI=1S/C41H28O26/c42-13-1-8(2-14(43)24(13)48)36(57)67-41-35-34(65-39(60)11-5-17(46)27(51)31(55)22(11)23-12(40(61)66-35)6-18(47)28(52)32(23)56)33-19(63-41)7-62-37(58)9-3-15(44)25(49)29(53)20(9)21-10(38(59)64-33)4-16(45)26(50)30(21)54/h1-6,19,33-35,41-56H,7H2/t19-,33-,34+,35-,41+/m1/s1. The molecule has 3 aliphatic heterocycles. The van der Waals surface area contributed by atoms with Crippen LogP contribution in [0.25, 0.3) is 22.3 Å². The van der Waals surface area contributed by atoms with Crippen LogP contribution in [-0.4, -0.2) is 144 Å². The number of fused-ring (bicyclic) bond motifs is 9. The molecule has 8 rings (SSSR count). The molecule has 0 amide bonds. The summed E-state index contributed by atoms with van der Waals surface area (Å²) in [5, 5.41) is 158. The predicted molar refractivity (Wildman–Crippen MR) is 207 cm³/mol. The van der Waals surface area contributed by atoms with E-state index in [9.17, 15) is 101 Å². The minimum Gasteiger partial charge on any atom is -0.504 e. The second-order valence-corrected chi connectivity index (χ2v) is 14.6. The fourth-order valence-electron chi connectivity index (χ4n) is 7.44. The summed E-state index contributed by atoms with van der Waals surface area (Å²) in [6, 6.07) is 2.84. The van der Waals surface area contributed by atoms with Crippen LogP contribution in [0.3, 0.4) is 0 Å². The molecule has 26 heteroatoms. The molecule has 1 saturated heterocycles. The van der Waals surface area contributed by atoms with Crippen molar-refractivity contribution >= 4 is 29.8 Å². The third-order valence-electron chi connectivity index (χ3n) is 10.6. The quantitative estimate of drug-likeness (QED) is 0.0679. The fourth-order valence-corrected chi connectivity index (χ4v) is 7.44. The number of cyclic esters (lactones) is 1. The van der Waals surface area contributed by atoms with Gasteiger partial charge in [0.15, 0.2) is 75.5 Å². The first-order chi connectivity index (χ1) is 31.5. The van der Waals surface area contributed by atoms with Crippen LogP contribution in [0.1, 0.15) is 51.8 Å². The summed E-state index contributed by atoms with van der Waals surface area (Å²) in [6.07, 6.45) is -12.1. The Morgan fingerprint density at radius 1 is 0.418 bits per heavy atom. The predicted octanol–water partition coefficient (Wildman–Crippen LogP) is 1.65. The van der Waals surface area contributed by atoms with Gasteiger partial charge in [-0.05, 0) is 36.4 Å². The molecule has 0 spiro atoms. The molecule has 5 aromatic rings. The zero-order valence-electron chi connectivity index (χ0n) is 32.8. The molecule has 0 aromatic heterocycles. The monoisotopic (exact) mass is 936 g/mol. The van der Waals surface area contributed by atoms with Crippen molar-refractivity contribution in [1.82, 2.24) is 0 Å². The van der Waals surface area contributed by atoms with E-state index in [1.54, 1.807) is 0 Å². The first-order valence-corrected chi connectivity index (χ1v) is 18.6. The number of rotatable bonds is 2. The Morgan fingerprint density at radius 3 is 1.13 bits per heavy atom. The van der Waals surface area contributed by atoms with Crippen LogP contribution in [0.5, 0.6) is 86.2 Å². The van der Waals surface area contributed by atoms with E-state index < -0.39 is 203 Å². The molecule has 3 aliphatic rings. The highest BCUT2D eigenvalue weighted by Crippen LogP contribution is 2.55. The molecule has 5 aromatic carbocycles. The number of ether oxygens (including phenoxy) is 6. The Labute approximate surface area is 368 Å². The van der Waals surface area contributed by atoms with Crippen LogP contribution >= 0.6 is 0 Å². The van der Waals surface area contributed by atoms with Gasteiger partial charge in [0.2, 0.25) is 35.4 Å². The lowest BCUT2D eigenvalue weighted by Gasteiger charge is -2.44. The van der Waals surface area contributed by atoms with E-state index in [0.717, 1.165) is 0 Å². The molecule has 26 nitrogen and oxygen atoms in total. The largest absolute Gasteiger partial charge is 0.504 e. The number of hydrogen-bond acceptors (Lipinski definition) is 26. The molecule has 1 fully saturated rings. The summed E-state index contributed by atoms with van der Waals surface area (Å²) in [5.74, 6) is -28.2. The van der Waals surface area contributed by atoms with E-state index in [4.69, 9.17) is 28.4 Å². The summed E-state index contributed by atoms with van der Waals surface area (Å²) < 4.78 is 33.6. The van der Waals surface area contributed by atoms with Crippen molar-refractivity contribution < 1.29 is 129 Å². The number of esters is 5. The van der Waals surface area contributed by atoms with E-state index >= 15 is 0 Å². The lowest BCUT2D eigenvalue weighted by molar-refractivity contribution is -0.282.